The molecule has 23 heavy (non-hydrogen) atoms. The Morgan fingerprint density at radius 3 is 2.57 bits per heavy atom. The summed E-state index contributed by atoms with van der Waals surface area (Å²) in [5.41, 5.74) is 7.91. The maximum absolute atomic E-state index is 13.9. The summed E-state index contributed by atoms with van der Waals surface area (Å²) in [7, 11) is 0. The fourth-order valence-corrected chi connectivity index (χ4v) is 3.51. The first-order chi connectivity index (χ1) is 10.7. The molecule has 1 aliphatic rings. The molecule has 5 heteroatoms. The zero-order valence-electron chi connectivity index (χ0n) is 12.8. The fourth-order valence-electron chi connectivity index (χ4n) is 3.31. The lowest BCUT2D eigenvalue weighted by molar-refractivity contribution is 0.311. The Balaban J connectivity index is 0.00000192. The highest BCUT2D eigenvalue weighted by molar-refractivity contribution is 6.30. The number of hydrogen-bond acceptors (Lipinski definition) is 2. The van der Waals surface area contributed by atoms with Gasteiger partial charge in [-0.1, -0.05) is 41.9 Å². The molecule has 0 spiro atoms. The average Bonchev–Trinajstić information content (AvgIpc) is 2.95. The number of hydrogen-bond donors (Lipinski definition) is 1. The summed E-state index contributed by atoms with van der Waals surface area (Å²) in [6, 6.07) is 15.2. The molecule has 0 amide bonds. The second-order valence-corrected chi connectivity index (χ2v) is 6.38. The van der Waals surface area contributed by atoms with E-state index in [1.165, 1.54) is 11.6 Å². The first kappa shape index (κ1) is 18.2. The predicted octanol–water partition coefficient (Wildman–Crippen LogP) is 4.08. The molecule has 0 aromatic heterocycles. The minimum absolute atomic E-state index is 0. The summed E-state index contributed by atoms with van der Waals surface area (Å²) in [6.45, 7) is 3.01. The first-order valence-corrected chi connectivity index (χ1v) is 7.96. The molecule has 0 aliphatic carbocycles. The van der Waals surface area contributed by atoms with Gasteiger partial charge in [0.05, 0.1) is 0 Å². The van der Waals surface area contributed by atoms with E-state index in [0.717, 1.165) is 13.1 Å². The van der Waals surface area contributed by atoms with Gasteiger partial charge in [0, 0.05) is 36.1 Å². The maximum atomic E-state index is 13.9. The molecule has 0 saturated carbocycles. The second kappa shape index (κ2) is 8.11. The zero-order valence-corrected chi connectivity index (χ0v) is 14.4. The number of rotatable bonds is 4. The summed E-state index contributed by atoms with van der Waals surface area (Å²) < 4.78 is 13.9. The molecule has 0 unspecified atom stereocenters. The maximum Gasteiger partial charge on any atom is 0.127 e. The topological polar surface area (TPSA) is 29.3 Å². The molecule has 1 fully saturated rings. The van der Waals surface area contributed by atoms with Gasteiger partial charge in [0.2, 0.25) is 0 Å². The number of halogens is 3. The summed E-state index contributed by atoms with van der Waals surface area (Å²) in [6.07, 6.45) is 0. The van der Waals surface area contributed by atoms with Crippen molar-refractivity contribution in [3.63, 3.8) is 0 Å². The van der Waals surface area contributed by atoms with Gasteiger partial charge in [-0.25, -0.2) is 4.39 Å². The van der Waals surface area contributed by atoms with E-state index >= 15 is 0 Å². The van der Waals surface area contributed by atoms with Crippen molar-refractivity contribution in [3.8, 4) is 0 Å². The highest BCUT2D eigenvalue weighted by Crippen LogP contribution is 2.33. The van der Waals surface area contributed by atoms with Gasteiger partial charge in [-0.05, 0) is 36.2 Å². The monoisotopic (exact) mass is 354 g/mol. The highest BCUT2D eigenvalue weighted by atomic mass is 35.5. The number of nitrogens with zero attached hydrogens (tertiary/aromatic N) is 1. The van der Waals surface area contributed by atoms with Crippen LogP contribution in [-0.2, 0) is 6.54 Å². The van der Waals surface area contributed by atoms with Crippen LogP contribution in [0.1, 0.15) is 17.0 Å². The van der Waals surface area contributed by atoms with E-state index in [9.17, 15) is 4.39 Å². The average molecular weight is 355 g/mol. The van der Waals surface area contributed by atoms with Crippen molar-refractivity contribution in [2.75, 3.05) is 19.6 Å². The van der Waals surface area contributed by atoms with E-state index in [0.29, 0.717) is 35.5 Å². The summed E-state index contributed by atoms with van der Waals surface area (Å²) in [5.74, 6) is 0.620. The Morgan fingerprint density at radius 1 is 1.13 bits per heavy atom. The normalized spacial score (nSPS) is 21.2. The number of likely N-dealkylation sites (tertiary alicyclic amines) is 1. The Hall–Kier alpha value is -1.13. The number of nitrogens with two attached hydrogens (primary N) is 1. The van der Waals surface area contributed by atoms with Gasteiger partial charge >= 0.3 is 0 Å². The summed E-state index contributed by atoms with van der Waals surface area (Å²) >= 11 is 5.98. The standard InChI is InChI=1S/C18H20ClFN2.ClH/c19-16-6-7-18(20)14(8-16)10-22-11-15(9-21)17(12-22)13-4-2-1-3-5-13;/h1-8,15,17H,9-12,21H2;1H/t15-,17+;/m1./s1. The van der Waals surface area contributed by atoms with Crippen molar-refractivity contribution in [1.29, 1.82) is 0 Å². The molecule has 2 nitrogen and oxygen atoms in total. The van der Waals surface area contributed by atoms with Crippen LogP contribution < -0.4 is 5.73 Å². The third-order valence-electron chi connectivity index (χ3n) is 4.45. The van der Waals surface area contributed by atoms with Gasteiger partial charge in [0.15, 0.2) is 0 Å². The largest absolute Gasteiger partial charge is 0.330 e. The van der Waals surface area contributed by atoms with Gasteiger partial charge < -0.3 is 5.73 Å². The van der Waals surface area contributed by atoms with Crippen molar-refractivity contribution in [2.24, 2.45) is 11.7 Å². The summed E-state index contributed by atoms with van der Waals surface area (Å²) in [4.78, 5) is 2.27. The Labute approximate surface area is 147 Å². The molecule has 2 aromatic rings. The summed E-state index contributed by atoms with van der Waals surface area (Å²) in [5, 5.41) is 0.575. The lowest BCUT2D eigenvalue weighted by atomic mass is 9.89. The molecule has 124 valence electrons. The molecule has 0 bridgehead atoms. The fraction of sp³-hybridized carbons (Fsp3) is 0.333. The molecule has 2 aromatic carbocycles. The van der Waals surface area contributed by atoms with Gasteiger partial charge in [0.1, 0.15) is 5.82 Å². The Bertz CT molecular complexity index is 636. The minimum Gasteiger partial charge on any atom is -0.330 e. The number of benzene rings is 2. The van der Waals surface area contributed by atoms with Gasteiger partial charge in [-0.2, -0.15) is 0 Å². The van der Waals surface area contributed by atoms with E-state index < -0.39 is 0 Å². The molecular weight excluding hydrogens is 334 g/mol. The van der Waals surface area contributed by atoms with Crippen molar-refractivity contribution < 1.29 is 4.39 Å². The molecule has 1 saturated heterocycles. The van der Waals surface area contributed by atoms with Crippen molar-refractivity contribution >= 4 is 24.0 Å². The predicted molar refractivity (Wildman–Crippen MR) is 95.7 cm³/mol. The van der Waals surface area contributed by atoms with Crippen LogP contribution in [0, 0.1) is 11.7 Å². The Kier molecular flexibility index (Phi) is 6.42. The third-order valence-corrected chi connectivity index (χ3v) is 4.68. The smallest absolute Gasteiger partial charge is 0.127 e. The van der Waals surface area contributed by atoms with Gasteiger partial charge in [-0.15, -0.1) is 12.4 Å². The van der Waals surface area contributed by atoms with Gasteiger partial charge in [-0.3, -0.25) is 4.90 Å². The third kappa shape index (κ3) is 4.24. The minimum atomic E-state index is -0.197. The van der Waals surface area contributed by atoms with E-state index in [4.69, 9.17) is 17.3 Å². The molecule has 2 atom stereocenters. The van der Waals surface area contributed by atoms with Crippen LogP contribution in [0.4, 0.5) is 4.39 Å². The van der Waals surface area contributed by atoms with E-state index in [2.05, 4.69) is 29.2 Å². The second-order valence-electron chi connectivity index (χ2n) is 5.94. The Morgan fingerprint density at radius 2 is 1.87 bits per heavy atom. The van der Waals surface area contributed by atoms with Crippen LogP contribution >= 0.6 is 24.0 Å². The van der Waals surface area contributed by atoms with Crippen molar-refractivity contribution in [3.05, 3.63) is 70.5 Å². The first-order valence-electron chi connectivity index (χ1n) is 7.58. The zero-order chi connectivity index (χ0) is 15.5. The molecule has 1 heterocycles. The van der Waals surface area contributed by atoms with Crippen LogP contribution in [0.5, 0.6) is 0 Å². The van der Waals surface area contributed by atoms with Crippen molar-refractivity contribution in [1.82, 2.24) is 4.90 Å². The SMILES string of the molecule is Cl.NC[C@@H]1CN(Cc2cc(Cl)ccc2F)C[C@H]1c1ccccc1. The van der Waals surface area contributed by atoms with Crippen LogP contribution in [-0.4, -0.2) is 24.5 Å². The lowest BCUT2D eigenvalue weighted by Crippen LogP contribution is -2.23. The van der Waals surface area contributed by atoms with Gasteiger partial charge in [0.25, 0.3) is 0 Å². The highest BCUT2D eigenvalue weighted by Gasteiger charge is 2.32. The molecule has 1 aliphatic heterocycles. The van der Waals surface area contributed by atoms with Crippen molar-refractivity contribution in [2.45, 2.75) is 12.5 Å². The molecule has 0 radical (unpaired) electrons. The molecule has 2 N–H and O–H groups in total. The van der Waals surface area contributed by atoms with Crippen LogP contribution in [0.25, 0.3) is 0 Å². The van der Waals surface area contributed by atoms with E-state index in [1.54, 1.807) is 12.1 Å². The lowest BCUT2D eigenvalue weighted by Gasteiger charge is -2.17. The molecule has 3 rings (SSSR count). The van der Waals surface area contributed by atoms with Crippen LogP contribution in [0.3, 0.4) is 0 Å². The van der Waals surface area contributed by atoms with E-state index in [1.807, 2.05) is 6.07 Å². The van der Waals surface area contributed by atoms with Crippen LogP contribution in [0.15, 0.2) is 48.5 Å². The quantitative estimate of drug-likeness (QED) is 0.896. The molecular formula is C18H21Cl2FN2. The van der Waals surface area contributed by atoms with Crippen LogP contribution in [0.2, 0.25) is 5.02 Å². The van der Waals surface area contributed by atoms with E-state index in [-0.39, 0.29) is 18.2 Å².